The van der Waals surface area contributed by atoms with Crippen molar-refractivity contribution in [2.24, 2.45) is 4.99 Å². The van der Waals surface area contributed by atoms with Gasteiger partial charge in [-0.1, -0.05) is 97.3 Å². The summed E-state index contributed by atoms with van der Waals surface area (Å²) in [4.78, 5) is 23.7. The number of unbranched alkanes of at least 4 members (excludes halogenated alkanes) is 13. The Hall–Kier alpha value is -0.390. The first-order valence-corrected chi connectivity index (χ1v) is 11.0. The van der Waals surface area contributed by atoms with Gasteiger partial charge in [0.1, 0.15) is 0 Å². The van der Waals surface area contributed by atoms with Crippen molar-refractivity contribution in [1.82, 2.24) is 0 Å². The molecule has 0 atom stereocenters. The molecule has 0 unspecified atom stereocenters. The predicted molar refractivity (Wildman–Crippen MR) is 121 cm³/mol. The van der Waals surface area contributed by atoms with Crippen LogP contribution in [0, 0.1) is 0 Å². The monoisotopic (exact) mass is 409 g/mol. The summed E-state index contributed by atoms with van der Waals surface area (Å²) < 4.78 is 0. The summed E-state index contributed by atoms with van der Waals surface area (Å²) in [6.07, 6.45) is 20.8. The number of aliphatic carboxylic acids is 2. The molecule has 0 fully saturated rings. The molecule has 0 heterocycles. The summed E-state index contributed by atoms with van der Waals surface area (Å²) in [5.41, 5.74) is 0. The number of nitrogens with zero attached hydrogens (tertiary/aromatic N) is 1. The Morgan fingerprint density at radius 1 is 0.679 bits per heavy atom. The quantitative estimate of drug-likeness (QED) is 0.169. The summed E-state index contributed by atoms with van der Waals surface area (Å²) in [6, 6.07) is 0. The summed E-state index contributed by atoms with van der Waals surface area (Å²) >= 11 is 0. The van der Waals surface area contributed by atoms with Crippen LogP contribution in [-0.2, 0) is 9.59 Å². The third-order valence-electron chi connectivity index (χ3n) is 4.34. The fourth-order valence-corrected chi connectivity index (χ4v) is 2.63. The van der Waals surface area contributed by atoms with Crippen molar-refractivity contribution in [3.63, 3.8) is 0 Å². The molecule has 0 aliphatic rings. The Balaban J connectivity index is -0.000000918. The van der Waals surface area contributed by atoms with Gasteiger partial charge in [-0.15, -0.1) is 0 Å². The van der Waals surface area contributed by atoms with E-state index in [0.29, 0.717) is 0 Å². The molecule has 2 N–H and O–H groups in total. The molecule has 0 rings (SSSR count). The number of carbonyl (C=O) groups is 2. The first-order chi connectivity index (χ1) is 13.0. The van der Waals surface area contributed by atoms with Gasteiger partial charge >= 0.3 is 41.5 Å². The summed E-state index contributed by atoms with van der Waals surface area (Å²) in [7, 11) is 0. The van der Waals surface area contributed by atoms with Crippen LogP contribution in [0.1, 0.15) is 117 Å². The minimum absolute atomic E-state index is 0. The van der Waals surface area contributed by atoms with Gasteiger partial charge in [0.25, 0.3) is 0 Å². The van der Waals surface area contributed by atoms with E-state index in [4.69, 9.17) is 10.2 Å². The molecule has 0 amide bonds. The van der Waals surface area contributed by atoms with Crippen LogP contribution < -0.4 is 0 Å². The van der Waals surface area contributed by atoms with Gasteiger partial charge < -0.3 is 10.2 Å². The van der Waals surface area contributed by atoms with Crippen LogP contribution in [0.15, 0.2) is 4.99 Å². The van der Waals surface area contributed by atoms with E-state index in [1.54, 1.807) is 6.92 Å². The number of hydrogen-bond acceptors (Lipinski definition) is 3. The zero-order valence-corrected chi connectivity index (χ0v) is 17.8. The molecule has 0 spiro atoms. The third-order valence-corrected chi connectivity index (χ3v) is 4.34. The van der Waals surface area contributed by atoms with Gasteiger partial charge in [-0.25, -0.2) is 0 Å². The van der Waals surface area contributed by atoms with Crippen LogP contribution in [0.4, 0.5) is 0 Å². The van der Waals surface area contributed by atoms with Gasteiger partial charge in [-0.3, -0.25) is 14.6 Å². The Bertz CT molecular complexity index is 362. The number of hydrogen-bond donors (Lipinski definition) is 2. The third kappa shape index (κ3) is 36.5. The number of carboxylic acids is 2. The van der Waals surface area contributed by atoms with E-state index in [2.05, 4.69) is 11.9 Å². The second kappa shape index (κ2) is 28.8. The second-order valence-corrected chi connectivity index (χ2v) is 7.03. The van der Waals surface area contributed by atoms with E-state index < -0.39 is 11.9 Å². The average Bonchev–Trinajstić information content (AvgIpc) is 2.64. The SMILES string of the molecule is CCC(=O)O.CCCCCCCCCCCCCCCCN=CCC(=O)O.[NaH]. The Kier molecular flexibility index (Phi) is 33.2. The van der Waals surface area contributed by atoms with Gasteiger partial charge in [-0.05, 0) is 6.42 Å². The molecule has 28 heavy (non-hydrogen) atoms. The van der Waals surface area contributed by atoms with E-state index in [-0.39, 0.29) is 42.4 Å². The molecule has 0 aliphatic heterocycles. The molecule has 0 radical (unpaired) electrons. The average molecular weight is 410 g/mol. The minimum atomic E-state index is -0.801. The van der Waals surface area contributed by atoms with Crippen LogP contribution in [0.3, 0.4) is 0 Å². The van der Waals surface area contributed by atoms with Crippen LogP contribution in [0.5, 0.6) is 0 Å². The maximum atomic E-state index is 10.3. The Labute approximate surface area is 195 Å². The van der Waals surface area contributed by atoms with Crippen molar-refractivity contribution in [3.05, 3.63) is 0 Å². The van der Waals surface area contributed by atoms with Crippen LogP contribution in [0.2, 0.25) is 0 Å². The van der Waals surface area contributed by atoms with Crippen molar-refractivity contribution in [2.45, 2.75) is 117 Å². The fraction of sp³-hybridized carbons (Fsp3) is 0.864. The van der Waals surface area contributed by atoms with Crippen molar-refractivity contribution in [3.8, 4) is 0 Å². The number of rotatable bonds is 18. The molecule has 162 valence electrons. The van der Waals surface area contributed by atoms with E-state index in [1.807, 2.05) is 0 Å². The predicted octanol–water partition coefficient (Wildman–Crippen LogP) is 5.85. The van der Waals surface area contributed by atoms with Crippen LogP contribution in [-0.4, -0.2) is 64.5 Å². The van der Waals surface area contributed by atoms with E-state index in [9.17, 15) is 9.59 Å². The standard InChI is InChI=1S/C19H37NO2.C3H6O2.Na.H/c1-2-3-4-5-6-7-8-9-10-11-12-13-14-15-17-20-18-16-19(21)22;1-2-3(4)5;;/h18H,2-17H2,1H3,(H,21,22);2H2,1H3,(H,4,5);;. The van der Waals surface area contributed by atoms with Gasteiger partial charge in [-0.2, -0.15) is 0 Å². The van der Waals surface area contributed by atoms with Crippen molar-refractivity contribution >= 4 is 47.7 Å². The first kappa shape index (κ1) is 32.3. The number of aliphatic imine (C=N–C) groups is 1. The Morgan fingerprint density at radius 2 is 1.04 bits per heavy atom. The van der Waals surface area contributed by atoms with E-state index in [0.717, 1.165) is 13.0 Å². The van der Waals surface area contributed by atoms with Crippen LogP contribution >= 0.6 is 0 Å². The molecule has 0 aromatic heterocycles. The normalized spacial score (nSPS) is 10.2. The molecule has 0 aliphatic carbocycles. The molecular formula is C22H44NNaO4. The Morgan fingerprint density at radius 3 is 1.36 bits per heavy atom. The van der Waals surface area contributed by atoms with Crippen molar-refractivity contribution in [1.29, 1.82) is 0 Å². The molecule has 0 bridgehead atoms. The van der Waals surface area contributed by atoms with Crippen LogP contribution in [0.25, 0.3) is 0 Å². The topological polar surface area (TPSA) is 87.0 Å². The summed E-state index contributed by atoms with van der Waals surface area (Å²) in [6.45, 7) is 4.65. The van der Waals surface area contributed by atoms with Gasteiger partial charge in [0.15, 0.2) is 0 Å². The van der Waals surface area contributed by atoms with Crippen molar-refractivity contribution in [2.75, 3.05) is 6.54 Å². The molecule has 0 saturated heterocycles. The summed E-state index contributed by atoms with van der Waals surface area (Å²) in [5.74, 6) is -1.55. The molecule has 0 aromatic rings. The van der Waals surface area contributed by atoms with E-state index in [1.165, 1.54) is 89.7 Å². The van der Waals surface area contributed by atoms with Gasteiger partial charge in [0.05, 0.1) is 6.42 Å². The first-order valence-electron chi connectivity index (χ1n) is 11.0. The molecule has 0 saturated carbocycles. The second-order valence-electron chi connectivity index (χ2n) is 7.03. The van der Waals surface area contributed by atoms with Crippen molar-refractivity contribution < 1.29 is 19.8 Å². The maximum absolute atomic E-state index is 10.3. The van der Waals surface area contributed by atoms with Gasteiger partial charge in [0, 0.05) is 19.2 Å². The zero-order chi connectivity index (χ0) is 20.6. The molecule has 0 aromatic carbocycles. The zero-order valence-electron chi connectivity index (χ0n) is 17.8. The fourth-order valence-electron chi connectivity index (χ4n) is 2.63. The summed E-state index contributed by atoms with van der Waals surface area (Å²) in [5, 5.41) is 16.2. The van der Waals surface area contributed by atoms with E-state index >= 15 is 0 Å². The number of carboxylic acid groups (broad SMARTS) is 2. The molecule has 5 nitrogen and oxygen atoms in total. The molecule has 6 heteroatoms. The van der Waals surface area contributed by atoms with Gasteiger partial charge in [0.2, 0.25) is 0 Å². The molecular weight excluding hydrogens is 365 g/mol.